The number of nitrogens with one attached hydrogen (secondary N) is 1. The minimum Gasteiger partial charge on any atom is -0.475 e. The second kappa shape index (κ2) is 10.0. The van der Waals surface area contributed by atoms with Gasteiger partial charge in [-0.25, -0.2) is 4.79 Å². The van der Waals surface area contributed by atoms with E-state index in [4.69, 9.17) is 9.90 Å². The number of hydrogen-bond acceptors (Lipinski definition) is 5. The third-order valence-electron chi connectivity index (χ3n) is 7.00. The van der Waals surface area contributed by atoms with Crippen molar-refractivity contribution in [2.75, 3.05) is 32.7 Å². The van der Waals surface area contributed by atoms with Crippen LogP contribution >= 0.6 is 11.3 Å². The molecule has 0 aliphatic carbocycles. The van der Waals surface area contributed by atoms with Crippen LogP contribution in [0.15, 0.2) is 17.5 Å². The van der Waals surface area contributed by atoms with E-state index in [1.165, 1.54) is 17.8 Å². The minimum absolute atomic E-state index is 0.0990. The summed E-state index contributed by atoms with van der Waals surface area (Å²) < 4.78 is 31.7. The largest absolute Gasteiger partial charge is 0.490 e. The van der Waals surface area contributed by atoms with E-state index >= 15 is 0 Å². The number of rotatable bonds is 4. The number of fused-ring (bicyclic) bond motifs is 2. The number of halogens is 3. The Bertz CT molecular complexity index is 854. The van der Waals surface area contributed by atoms with E-state index in [0.717, 1.165) is 50.4 Å². The molecule has 1 aromatic rings. The van der Waals surface area contributed by atoms with Crippen molar-refractivity contribution in [2.24, 2.45) is 17.8 Å². The maximum Gasteiger partial charge on any atom is 0.490 e. The predicted molar refractivity (Wildman–Crippen MR) is 117 cm³/mol. The lowest BCUT2D eigenvalue weighted by molar-refractivity contribution is -0.192. The molecule has 4 heterocycles. The quantitative estimate of drug-likeness (QED) is 0.679. The molecule has 1 unspecified atom stereocenters. The van der Waals surface area contributed by atoms with Crippen LogP contribution in [-0.2, 0) is 9.59 Å². The molecule has 33 heavy (non-hydrogen) atoms. The Kier molecular flexibility index (Phi) is 7.73. The standard InChI is InChI=1S/C20H29N3O2S.C2HF3O2/c1-3-14(2)11-22-12-15-16(13-22)20(21-18(15)24)6-8-23(9-7-20)19(25)17-5-4-10-26-17;3-2(4,5)1(6)7/h4-5,10,14-16H,3,6-9,11-13H2,1-2H3,(H,21,24);(H,6,7)/t14?,15-,16+;/m1./s1. The third-order valence-corrected chi connectivity index (χ3v) is 7.86. The fraction of sp³-hybridized carbons (Fsp3) is 0.682. The van der Waals surface area contributed by atoms with Gasteiger partial charge in [-0.15, -0.1) is 11.3 Å². The van der Waals surface area contributed by atoms with Gasteiger partial charge < -0.3 is 20.2 Å². The van der Waals surface area contributed by atoms with Gasteiger partial charge in [-0.2, -0.15) is 13.2 Å². The topological polar surface area (TPSA) is 90.0 Å². The van der Waals surface area contributed by atoms with Crippen LogP contribution < -0.4 is 5.32 Å². The average Bonchev–Trinajstić information content (AvgIpc) is 3.48. The number of carbonyl (C=O) groups is 3. The molecule has 2 N–H and O–H groups in total. The summed E-state index contributed by atoms with van der Waals surface area (Å²) in [7, 11) is 0. The van der Waals surface area contributed by atoms with E-state index in [1.807, 2.05) is 22.4 Å². The summed E-state index contributed by atoms with van der Waals surface area (Å²) in [6, 6.07) is 3.82. The zero-order valence-electron chi connectivity index (χ0n) is 18.7. The van der Waals surface area contributed by atoms with Crippen LogP contribution in [-0.4, -0.2) is 77.1 Å². The molecule has 0 aromatic carbocycles. The highest BCUT2D eigenvalue weighted by molar-refractivity contribution is 7.12. The van der Waals surface area contributed by atoms with Crippen molar-refractivity contribution in [2.45, 2.75) is 44.8 Å². The van der Waals surface area contributed by atoms with Crippen molar-refractivity contribution in [3.05, 3.63) is 22.4 Å². The number of hydrogen-bond donors (Lipinski definition) is 2. The first-order valence-electron chi connectivity index (χ1n) is 11.1. The number of carboxylic acid groups (broad SMARTS) is 1. The third kappa shape index (κ3) is 5.68. The Balaban J connectivity index is 0.000000383. The van der Waals surface area contributed by atoms with Crippen molar-refractivity contribution in [3.8, 4) is 0 Å². The normalized spacial score (nSPS) is 25.2. The van der Waals surface area contributed by atoms with Crippen LogP contribution in [0.5, 0.6) is 0 Å². The summed E-state index contributed by atoms with van der Waals surface area (Å²) in [6.07, 6.45) is -2.13. The number of amides is 2. The molecular weight excluding hydrogens is 459 g/mol. The SMILES string of the molecule is CCC(C)CN1C[C@H]2C(=O)NC3(CCN(C(=O)c4cccs4)CC3)[C@H]2C1.O=C(O)C(F)(F)F. The van der Waals surface area contributed by atoms with Gasteiger partial charge in [0.05, 0.1) is 10.8 Å². The second-order valence-corrected chi connectivity index (χ2v) is 10.1. The first-order valence-corrected chi connectivity index (χ1v) is 12.0. The molecule has 1 aromatic heterocycles. The maximum atomic E-state index is 12.6. The fourth-order valence-electron chi connectivity index (χ4n) is 5.02. The zero-order valence-corrected chi connectivity index (χ0v) is 19.5. The Hall–Kier alpha value is -2.14. The molecule has 3 aliphatic rings. The number of nitrogens with zero attached hydrogens (tertiary/aromatic N) is 2. The zero-order chi connectivity index (χ0) is 24.4. The molecule has 3 atom stereocenters. The summed E-state index contributed by atoms with van der Waals surface area (Å²) in [5.74, 6) is -1.16. The number of piperidine rings is 1. The highest BCUT2D eigenvalue weighted by Gasteiger charge is 2.57. The highest BCUT2D eigenvalue weighted by Crippen LogP contribution is 2.44. The van der Waals surface area contributed by atoms with Gasteiger partial charge in [0.2, 0.25) is 5.91 Å². The van der Waals surface area contributed by atoms with Crippen LogP contribution in [0.2, 0.25) is 0 Å². The Morgan fingerprint density at radius 1 is 1.30 bits per heavy atom. The van der Waals surface area contributed by atoms with Gasteiger partial charge >= 0.3 is 12.1 Å². The lowest BCUT2D eigenvalue weighted by Gasteiger charge is -2.42. The molecule has 2 amide bonds. The Labute approximate surface area is 194 Å². The van der Waals surface area contributed by atoms with E-state index < -0.39 is 12.1 Å². The Morgan fingerprint density at radius 3 is 2.45 bits per heavy atom. The number of carboxylic acids is 1. The second-order valence-electron chi connectivity index (χ2n) is 9.16. The van der Waals surface area contributed by atoms with Crippen molar-refractivity contribution >= 4 is 29.1 Å². The lowest BCUT2D eigenvalue weighted by atomic mass is 9.75. The molecule has 11 heteroatoms. The highest BCUT2D eigenvalue weighted by atomic mass is 32.1. The van der Waals surface area contributed by atoms with Gasteiger partial charge in [0.25, 0.3) is 5.91 Å². The molecule has 0 saturated carbocycles. The fourth-order valence-corrected chi connectivity index (χ4v) is 5.71. The van der Waals surface area contributed by atoms with Gasteiger partial charge in [-0.1, -0.05) is 26.3 Å². The predicted octanol–water partition coefficient (Wildman–Crippen LogP) is 3.08. The first kappa shape index (κ1) is 25.5. The number of carbonyl (C=O) groups excluding carboxylic acids is 2. The van der Waals surface area contributed by atoms with Gasteiger partial charge in [-0.05, 0) is 30.2 Å². The summed E-state index contributed by atoms with van der Waals surface area (Å²) in [4.78, 5) is 39.4. The van der Waals surface area contributed by atoms with Crippen LogP contribution in [0.25, 0.3) is 0 Å². The van der Waals surface area contributed by atoms with E-state index in [-0.39, 0.29) is 23.3 Å². The number of likely N-dealkylation sites (tertiary alicyclic amines) is 2. The van der Waals surface area contributed by atoms with Crippen LogP contribution in [0.4, 0.5) is 13.2 Å². The van der Waals surface area contributed by atoms with E-state index in [1.54, 1.807) is 0 Å². The molecule has 0 radical (unpaired) electrons. The molecule has 184 valence electrons. The molecule has 3 fully saturated rings. The molecule has 7 nitrogen and oxygen atoms in total. The first-order chi connectivity index (χ1) is 15.5. The van der Waals surface area contributed by atoms with Gasteiger partial charge in [0.15, 0.2) is 0 Å². The molecular formula is C22H30F3N3O4S. The van der Waals surface area contributed by atoms with E-state index in [0.29, 0.717) is 11.8 Å². The summed E-state index contributed by atoms with van der Waals surface area (Å²) >= 11 is 1.50. The Morgan fingerprint density at radius 2 is 1.94 bits per heavy atom. The van der Waals surface area contributed by atoms with Crippen LogP contribution in [0.1, 0.15) is 42.8 Å². The summed E-state index contributed by atoms with van der Waals surface area (Å²) in [6.45, 7) is 9.02. The number of alkyl halides is 3. The van der Waals surface area contributed by atoms with E-state index in [2.05, 4.69) is 24.1 Å². The van der Waals surface area contributed by atoms with Crippen molar-refractivity contribution in [1.29, 1.82) is 0 Å². The average molecular weight is 490 g/mol. The summed E-state index contributed by atoms with van der Waals surface area (Å²) in [5, 5.41) is 12.4. The molecule has 4 rings (SSSR count). The van der Waals surface area contributed by atoms with Gasteiger partial charge in [0, 0.05) is 44.2 Å². The van der Waals surface area contributed by atoms with Crippen molar-refractivity contribution < 1.29 is 32.7 Å². The van der Waals surface area contributed by atoms with Crippen molar-refractivity contribution in [1.82, 2.24) is 15.1 Å². The smallest absolute Gasteiger partial charge is 0.475 e. The van der Waals surface area contributed by atoms with Crippen LogP contribution in [0.3, 0.4) is 0 Å². The number of thiophene rings is 1. The van der Waals surface area contributed by atoms with Crippen LogP contribution in [0, 0.1) is 17.8 Å². The van der Waals surface area contributed by atoms with Gasteiger partial charge in [0.1, 0.15) is 0 Å². The van der Waals surface area contributed by atoms with Gasteiger partial charge in [-0.3, -0.25) is 9.59 Å². The molecule has 3 aliphatic heterocycles. The van der Waals surface area contributed by atoms with Crippen molar-refractivity contribution in [3.63, 3.8) is 0 Å². The maximum absolute atomic E-state index is 12.6. The van der Waals surface area contributed by atoms with E-state index in [9.17, 15) is 22.8 Å². The molecule has 1 spiro atoms. The lowest BCUT2D eigenvalue weighted by Crippen LogP contribution is -2.56. The summed E-state index contributed by atoms with van der Waals surface area (Å²) in [5.41, 5.74) is -0.0990. The molecule has 0 bridgehead atoms. The monoisotopic (exact) mass is 489 g/mol. The minimum atomic E-state index is -5.08. The molecule has 3 saturated heterocycles. The number of aliphatic carboxylic acids is 1.